The normalized spacial score (nSPS) is 27.8. The summed E-state index contributed by atoms with van der Waals surface area (Å²) in [6, 6.07) is 0.905. The van der Waals surface area contributed by atoms with Crippen molar-refractivity contribution in [3.63, 3.8) is 0 Å². The maximum atomic E-state index is 10.9. The van der Waals surface area contributed by atoms with Gasteiger partial charge in [0.1, 0.15) is 34.8 Å². The minimum Gasteiger partial charge on any atom is -0.394 e. The standard InChI is InChI=1S/C17H17ClN4O4S2/c18-10-3-11(6-19-5-10)28-17-15(25)13(14(24)12(8-23)26-17)22-7-9(4-21-22)16-20-1-2-27-16/h1-7,12-15,17,23-25H,8H2/t12?,13-,14-,15?,17+/m0/s1. The lowest BCUT2D eigenvalue weighted by molar-refractivity contribution is -0.178. The Morgan fingerprint density at radius 1 is 1.25 bits per heavy atom. The fourth-order valence-corrected chi connectivity index (χ4v) is 4.98. The molecule has 148 valence electrons. The molecule has 1 fully saturated rings. The van der Waals surface area contributed by atoms with Crippen LogP contribution >= 0.6 is 34.7 Å². The number of aliphatic hydroxyl groups excluding tert-OH is 3. The van der Waals surface area contributed by atoms with E-state index in [1.807, 2.05) is 5.38 Å². The molecule has 0 aliphatic carbocycles. The molecule has 5 atom stereocenters. The Balaban J connectivity index is 1.61. The average Bonchev–Trinajstić information content (AvgIpc) is 3.36. The molecular formula is C17H17ClN4O4S2. The molecule has 8 nitrogen and oxygen atoms in total. The van der Waals surface area contributed by atoms with Crippen molar-refractivity contribution < 1.29 is 20.1 Å². The molecule has 4 heterocycles. The Kier molecular flexibility index (Phi) is 5.97. The third kappa shape index (κ3) is 3.94. The van der Waals surface area contributed by atoms with E-state index in [0.717, 1.165) is 10.6 Å². The van der Waals surface area contributed by atoms with E-state index >= 15 is 0 Å². The van der Waals surface area contributed by atoms with Crippen molar-refractivity contribution in [2.45, 2.75) is 34.7 Å². The predicted molar refractivity (Wildman–Crippen MR) is 105 cm³/mol. The number of ether oxygens (including phenoxy) is 1. The van der Waals surface area contributed by atoms with Gasteiger partial charge in [0, 0.05) is 40.6 Å². The molecule has 1 aliphatic heterocycles. The van der Waals surface area contributed by atoms with Gasteiger partial charge in [-0.3, -0.25) is 9.67 Å². The second-order valence-electron chi connectivity index (χ2n) is 6.20. The van der Waals surface area contributed by atoms with Crippen molar-refractivity contribution >= 4 is 34.7 Å². The molecule has 0 spiro atoms. The Labute approximate surface area is 173 Å². The number of thiazole rings is 1. The summed E-state index contributed by atoms with van der Waals surface area (Å²) >= 11 is 8.66. The lowest BCUT2D eigenvalue weighted by Crippen LogP contribution is -2.54. The summed E-state index contributed by atoms with van der Waals surface area (Å²) in [6.45, 7) is -0.393. The summed E-state index contributed by atoms with van der Waals surface area (Å²) in [4.78, 5) is 8.97. The van der Waals surface area contributed by atoms with E-state index < -0.39 is 36.4 Å². The summed E-state index contributed by atoms with van der Waals surface area (Å²) in [5.74, 6) is 0. The topological polar surface area (TPSA) is 114 Å². The number of aliphatic hydroxyl groups is 3. The van der Waals surface area contributed by atoms with Crippen LogP contribution in [0.3, 0.4) is 0 Å². The van der Waals surface area contributed by atoms with Crippen LogP contribution in [0.4, 0.5) is 0 Å². The van der Waals surface area contributed by atoms with Crippen LogP contribution in [0.5, 0.6) is 0 Å². The molecule has 2 unspecified atom stereocenters. The van der Waals surface area contributed by atoms with E-state index in [9.17, 15) is 15.3 Å². The van der Waals surface area contributed by atoms with Crippen LogP contribution in [0.2, 0.25) is 5.02 Å². The van der Waals surface area contributed by atoms with Crippen LogP contribution in [-0.4, -0.2) is 65.4 Å². The lowest BCUT2D eigenvalue weighted by Gasteiger charge is -2.42. The number of hydrogen-bond acceptors (Lipinski definition) is 9. The van der Waals surface area contributed by atoms with Gasteiger partial charge in [-0.25, -0.2) is 4.98 Å². The average molecular weight is 441 g/mol. The van der Waals surface area contributed by atoms with Gasteiger partial charge in [0.25, 0.3) is 0 Å². The van der Waals surface area contributed by atoms with Crippen molar-refractivity contribution in [2.24, 2.45) is 0 Å². The van der Waals surface area contributed by atoms with Gasteiger partial charge in [-0.1, -0.05) is 23.4 Å². The minimum atomic E-state index is -1.14. The van der Waals surface area contributed by atoms with Gasteiger partial charge in [0.05, 0.1) is 17.8 Å². The van der Waals surface area contributed by atoms with Crippen LogP contribution in [-0.2, 0) is 4.74 Å². The first-order valence-electron chi connectivity index (χ1n) is 8.40. The van der Waals surface area contributed by atoms with E-state index in [1.165, 1.54) is 34.0 Å². The van der Waals surface area contributed by atoms with Gasteiger partial charge in [-0.15, -0.1) is 11.3 Å². The van der Waals surface area contributed by atoms with E-state index in [4.69, 9.17) is 16.3 Å². The first-order chi connectivity index (χ1) is 13.6. The molecule has 0 radical (unpaired) electrons. The number of pyridine rings is 1. The molecule has 0 amide bonds. The van der Waals surface area contributed by atoms with Crippen LogP contribution in [0, 0.1) is 0 Å². The fraction of sp³-hybridized carbons (Fsp3) is 0.353. The van der Waals surface area contributed by atoms with E-state index in [1.54, 1.807) is 30.9 Å². The van der Waals surface area contributed by atoms with Crippen LogP contribution in [0.1, 0.15) is 6.04 Å². The highest BCUT2D eigenvalue weighted by atomic mass is 35.5. The molecule has 1 aliphatic rings. The molecule has 4 rings (SSSR count). The molecule has 3 aromatic heterocycles. The summed E-state index contributed by atoms with van der Waals surface area (Å²) in [5, 5.41) is 38.6. The third-order valence-electron chi connectivity index (χ3n) is 4.37. The van der Waals surface area contributed by atoms with Gasteiger partial charge in [-0.05, 0) is 6.07 Å². The van der Waals surface area contributed by atoms with Gasteiger partial charge in [-0.2, -0.15) is 5.10 Å². The quantitative estimate of drug-likeness (QED) is 0.550. The fourth-order valence-electron chi connectivity index (χ4n) is 3.05. The smallest absolute Gasteiger partial charge is 0.136 e. The molecule has 1 saturated heterocycles. The van der Waals surface area contributed by atoms with Gasteiger partial charge < -0.3 is 20.1 Å². The predicted octanol–water partition coefficient (Wildman–Crippen LogP) is 1.83. The van der Waals surface area contributed by atoms with Gasteiger partial charge in [0.15, 0.2) is 0 Å². The number of thioether (sulfide) groups is 1. The summed E-state index contributed by atoms with van der Waals surface area (Å²) in [6.07, 6.45) is 5.06. The summed E-state index contributed by atoms with van der Waals surface area (Å²) in [5.41, 5.74) is 0.0306. The molecule has 0 saturated carbocycles. The summed E-state index contributed by atoms with van der Waals surface area (Å²) < 4.78 is 7.23. The number of halogens is 1. The monoisotopic (exact) mass is 440 g/mol. The summed E-state index contributed by atoms with van der Waals surface area (Å²) in [7, 11) is 0. The molecular weight excluding hydrogens is 424 g/mol. The highest BCUT2D eigenvalue weighted by molar-refractivity contribution is 7.99. The Hall–Kier alpha value is -1.53. The van der Waals surface area contributed by atoms with Gasteiger partial charge >= 0.3 is 0 Å². The first kappa shape index (κ1) is 19.8. The van der Waals surface area contributed by atoms with Gasteiger partial charge in [0.2, 0.25) is 0 Å². The Morgan fingerprint density at radius 2 is 2.11 bits per heavy atom. The molecule has 3 aromatic rings. The highest BCUT2D eigenvalue weighted by Crippen LogP contribution is 2.38. The van der Waals surface area contributed by atoms with Crippen molar-refractivity contribution in [1.29, 1.82) is 0 Å². The maximum Gasteiger partial charge on any atom is 0.136 e. The maximum absolute atomic E-state index is 10.9. The largest absolute Gasteiger partial charge is 0.394 e. The van der Waals surface area contributed by atoms with Crippen molar-refractivity contribution in [1.82, 2.24) is 19.7 Å². The zero-order valence-corrected chi connectivity index (χ0v) is 16.8. The lowest BCUT2D eigenvalue weighted by atomic mass is 9.97. The van der Waals surface area contributed by atoms with Crippen LogP contribution in [0.25, 0.3) is 10.6 Å². The zero-order chi connectivity index (χ0) is 19.7. The Bertz CT molecular complexity index is 926. The van der Waals surface area contributed by atoms with E-state index in [2.05, 4.69) is 15.1 Å². The van der Waals surface area contributed by atoms with Crippen molar-refractivity contribution in [2.75, 3.05) is 6.61 Å². The highest BCUT2D eigenvalue weighted by Gasteiger charge is 2.46. The second kappa shape index (κ2) is 8.46. The number of nitrogens with zero attached hydrogens (tertiary/aromatic N) is 4. The number of hydrogen-bond donors (Lipinski definition) is 3. The van der Waals surface area contributed by atoms with Crippen molar-refractivity contribution in [3.05, 3.63) is 47.5 Å². The zero-order valence-electron chi connectivity index (χ0n) is 14.4. The molecule has 3 N–H and O–H groups in total. The molecule has 11 heteroatoms. The SMILES string of the molecule is OCC1O[C@H](Sc2cncc(Cl)c2)C(O)[C@@H](n2cc(-c3nccs3)cn2)[C@H]1O. The first-order valence-corrected chi connectivity index (χ1v) is 10.5. The Morgan fingerprint density at radius 3 is 2.82 bits per heavy atom. The molecule has 0 bridgehead atoms. The van der Waals surface area contributed by atoms with Crippen LogP contribution < -0.4 is 0 Å². The third-order valence-corrected chi connectivity index (χ3v) is 6.51. The molecule has 0 aromatic carbocycles. The van der Waals surface area contributed by atoms with E-state index in [0.29, 0.717) is 9.92 Å². The van der Waals surface area contributed by atoms with E-state index in [-0.39, 0.29) is 0 Å². The number of rotatable bonds is 5. The molecule has 28 heavy (non-hydrogen) atoms. The minimum absolute atomic E-state index is 0.393. The number of aromatic nitrogens is 4. The second-order valence-corrected chi connectivity index (χ2v) is 8.70. The van der Waals surface area contributed by atoms with Crippen LogP contribution in [0.15, 0.2) is 47.3 Å². The van der Waals surface area contributed by atoms with Crippen molar-refractivity contribution in [3.8, 4) is 10.6 Å².